The van der Waals surface area contributed by atoms with Gasteiger partial charge in [0.25, 0.3) is 0 Å². The smallest absolute Gasteiger partial charge is 0.332 e. The number of carbonyl (C=O) groups is 3. The number of nitrogens with one attached hydrogen (secondary N) is 1. The van der Waals surface area contributed by atoms with Crippen LogP contribution in [-0.4, -0.2) is 58.8 Å². The molecule has 12 heteroatoms. The maximum absolute atomic E-state index is 14.2. The van der Waals surface area contributed by atoms with Crippen LogP contribution in [-0.2, 0) is 23.9 Å². The first kappa shape index (κ1) is 33.7. The van der Waals surface area contributed by atoms with E-state index in [1.807, 2.05) is 0 Å². The van der Waals surface area contributed by atoms with Gasteiger partial charge < -0.3 is 24.3 Å². The van der Waals surface area contributed by atoms with Gasteiger partial charge in [-0.3, -0.25) is 9.59 Å². The first-order valence-electron chi connectivity index (χ1n) is 15.5. The van der Waals surface area contributed by atoms with E-state index in [1.54, 1.807) is 52.8 Å². The predicted molar refractivity (Wildman–Crippen MR) is 168 cm³/mol. The first-order valence-corrected chi connectivity index (χ1v) is 15.5. The lowest BCUT2D eigenvalue weighted by Gasteiger charge is -2.25. The number of benzene rings is 2. The zero-order valence-corrected chi connectivity index (χ0v) is 27.3. The van der Waals surface area contributed by atoms with Gasteiger partial charge in [0.15, 0.2) is 5.82 Å². The number of nitrogens with zero attached hydrogens (tertiary/aromatic N) is 2. The summed E-state index contributed by atoms with van der Waals surface area (Å²) in [6.45, 7) is 12.6. The number of rotatable bonds is 10. The molecule has 0 aliphatic heterocycles. The van der Waals surface area contributed by atoms with Crippen LogP contribution >= 0.6 is 0 Å². The van der Waals surface area contributed by atoms with E-state index in [4.69, 9.17) is 18.9 Å². The Labute approximate surface area is 271 Å². The highest BCUT2D eigenvalue weighted by molar-refractivity contribution is 5.94. The van der Waals surface area contributed by atoms with Crippen LogP contribution in [0, 0.1) is 36.3 Å². The summed E-state index contributed by atoms with van der Waals surface area (Å²) in [5, 5.41) is 3.36. The van der Waals surface area contributed by atoms with Crippen LogP contribution in [0.5, 0.6) is 11.6 Å². The minimum atomic E-state index is -1.25. The van der Waals surface area contributed by atoms with Crippen molar-refractivity contribution in [2.75, 3.05) is 13.7 Å². The standard InChI is InChI=1S/C35H39F2N3O7/c1-8-20-17-35(20,33(43)45-9-2)40-30(41)25-15-23(16-26(25)32(42)47-34(4,5)6)46-31-24-10-11-27(44-7)18(3)28(24)38-29(39-31)19-12-21(36)14-22(37)13-19/h8,10-14,20,23,25-26H,1,9,15-17H2,2-7H3,(H,40,41). The van der Waals surface area contributed by atoms with Crippen molar-refractivity contribution in [2.24, 2.45) is 17.8 Å². The van der Waals surface area contributed by atoms with Crippen molar-refractivity contribution in [2.45, 2.75) is 71.1 Å². The second-order valence-electron chi connectivity index (χ2n) is 13.0. The van der Waals surface area contributed by atoms with Crippen LogP contribution < -0.4 is 14.8 Å². The van der Waals surface area contributed by atoms with Gasteiger partial charge >= 0.3 is 11.9 Å². The maximum Gasteiger partial charge on any atom is 0.332 e. The van der Waals surface area contributed by atoms with Crippen molar-refractivity contribution in [3.63, 3.8) is 0 Å². The van der Waals surface area contributed by atoms with Crippen LogP contribution in [0.4, 0.5) is 8.78 Å². The highest BCUT2D eigenvalue weighted by Gasteiger charge is 2.62. The lowest BCUT2D eigenvalue weighted by molar-refractivity contribution is -0.163. The van der Waals surface area contributed by atoms with Gasteiger partial charge in [-0.05, 0) is 78.1 Å². The van der Waals surface area contributed by atoms with Gasteiger partial charge in [-0.2, -0.15) is 4.98 Å². The third-order valence-electron chi connectivity index (χ3n) is 8.51. The normalized spacial score (nSPS) is 23.6. The van der Waals surface area contributed by atoms with Crippen LogP contribution in [0.25, 0.3) is 22.3 Å². The van der Waals surface area contributed by atoms with Gasteiger partial charge in [-0.1, -0.05) is 6.08 Å². The quantitative estimate of drug-likeness (QED) is 0.219. The number of halogens is 2. The van der Waals surface area contributed by atoms with E-state index in [0.717, 1.165) is 18.2 Å². The Morgan fingerprint density at radius 1 is 1.09 bits per heavy atom. The summed E-state index contributed by atoms with van der Waals surface area (Å²) in [5.74, 6) is -4.69. The SMILES string of the molecule is C=CC1CC1(NC(=O)C1CC(Oc2nc(-c3cc(F)cc(F)c3)nc3c(C)c(OC)ccc23)CC1C(=O)OC(C)(C)C)C(=O)OCC. The fourth-order valence-electron chi connectivity index (χ4n) is 6.16. The van der Waals surface area contributed by atoms with Crippen LogP contribution in [0.3, 0.4) is 0 Å². The zero-order chi connectivity index (χ0) is 34.3. The second-order valence-corrected chi connectivity index (χ2v) is 13.0. The Morgan fingerprint density at radius 2 is 1.77 bits per heavy atom. The molecule has 2 aliphatic carbocycles. The van der Waals surface area contributed by atoms with E-state index in [9.17, 15) is 23.2 Å². The number of fused-ring (bicyclic) bond motifs is 1. The molecule has 0 bridgehead atoms. The van der Waals surface area contributed by atoms with Gasteiger partial charge in [0.2, 0.25) is 11.8 Å². The molecular weight excluding hydrogens is 612 g/mol. The Hall–Kier alpha value is -4.61. The molecule has 2 saturated carbocycles. The summed E-state index contributed by atoms with van der Waals surface area (Å²) in [6.07, 6.45) is 1.44. The van der Waals surface area contributed by atoms with Crippen molar-refractivity contribution in [1.29, 1.82) is 0 Å². The molecule has 47 heavy (non-hydrogen) atoms. The molecule has 250 valence electrons. The van der Waals surface area contributed by atoms with Gasteiger partial charge in [0.1, 0.15) is 34.6 Å². The molecule has 10 nitrogen and oxygen atoms in total. The minimum Gasteiger partial charge on any atom is -0.496 e. The van der Waals surface area contributed by atoms with Crippen molar-refractivity contribution >= 4 is 28.7 Å². The molecule has 5 unspecified atom stereocenters. The van der Waals surface area contributed by atoms with Gasteiger partial charge in [0, 0.05) is 23.1 Å². The maximum atomic E-state index is 14.2. The molecule has 3 aromatic rings. The van der Waals surface area contributed by atoms with E-state index in [2.05, 4.69) is 21.9 Å². The van der Waals surface area contributed by atoms with E-state index in [-0.39, 0.29) is 42.6 Å². The highest BCUT2D eigenvalue weighted by atomic mass is 19.1. The molecule has 2 fully saturated rings. The fraction of sp³-hybridized carbons (Fsp3) is 0.457. The summed E-state index contributed by atoms with van der Waals surface area (Å²) in [7, 11) is 1.52. The molecule has 5 atom stereocenters. The number of aryl methyl sites for hydroxylation is 1. The summed E-state index contributed by atoms with van der Waals surface area (Å²) >= 11 is 0. The second kappa shape index (κ2) is 12.9. The average molecular weight is 652 g/mol. The minimum absolute atomic E-state index is 0.0128. The molecule has 1 heterocycles. The largest absolute Gasteiger partial charge is 0.496 e. The first-order chi connectivity index (χ1) is 22.2. The number of methoxy groups -OCH3 is 1. The van der Waals surface area contributed by atoms with E-state index in [0.29, 0.717) is 28.6 Å². The number of aromatic nitrogens is 2. The van der Waals surface area contributed by atoms with Gasteiger partial charge in [-0.25, -0.2) is 18.6 Å². The van der Waals surface area contributed by atoms with E-state index >= 15 is 0 Å². The molecule has 1 N–H and O–H groups in total. The summed E-state index contributed by atoms with van der Waals surface area (Å²) in [6, 6.07) is 6.42. The topological polar surface area (TPSA) is 126 Å². The monoisotopic (exact) mass is 651 g/mol. The molecule has 5 rings (SSSR count). The fourth-order valence-corrected chi connectivity index (χ4v) is 6.16. The molecule has 0 spiro atoms. The molecule has 0 saturated heterocycles. The zero-order valence-electron chi connectivity index (χ0n) is 27.3. The number of hydrogen-bond acceptors (Lipinski definition) is 9. The number of amides is 1. The van der Waals surface area contributed by atoms with Crippen molar-refractivity contribution in [3.05, 3.63) is 60.2 Å². The molecule has 1 aromatic heterocycles. The van der Waals surface area contributed by atoms with Crippen LogP contribution in [0.2, 0.25) is 0 Å². The Balaban J connectivity index is 1.51. The van der Waals surface area contributed by atoms with Gasteiger partial charge in [-0.15, -0.1) is 6.58 Å². The van der Waals surface area contributed by atoms with Gasteiger partial charge in [0.05, 0.1) is 36.5 Å². The number of carbonyl (C=O) groups excluding carboxylic acids is 3. The molecule has 1 amide bonds. The third-order valence-corrected chi connectivity index (χ3v) is 8.51. The summed E-state index contributed by atoms with van der Waals surface area (Å²) in [5.41, 5.74) is -0.887. The number of esters is 2. The third kappa shape index (κ3) is 6.91. The summed E-state index contributed by atoms with van der Waals surface area (Å²) < 4.78 is 51.3. The Morgan fingerprint density at radius 3 is 2.36 bits per heavy atom. The lowest BCUT2D eigenvalue weighted by Crippen LogP contribution is -2.49. The van der Waals surface area contributed by atoms with Crippen LogP contribution in [0.1, 0.15) is 52.5 Å². The number of hydrogen-bond donors (Lipinski definition) is 1. The predicted octanol–water partition coefficient (Wildman–Crippen LogP) is 5.63. The summed E-state index contributed by atoms with van der Waals surface area (Å²) in [4.78, 5) is 49.3. The van der Waals surface area contributed by atoms with Crippen molar-refractivity contribution in [1.82, 2.24) is 15.3 Å². The molecule has 2 aromatic carbocycles. The Kier molecular flexibility index (Phi) is 9.25. The Bertz CT molecular complexity index is 1720. The van der Waals surface area contributed by atoms with E-state index in [1.165, 1.54) is 7.11 Å². The molecule has 0 radical (unpaired) electrons. The molecule has 2 aliphatic rings. The van der Waals surface area contributed by atoms with Crippen molar-refractivity contribution < 1.29 is 42.1 Å². The average Bonchev–Trinajstić information content (AvgIpc) is 3.55. The van der Waals surface area contributed by atoms with Crippen LogP contribution in [0.15, 0.2) is 43.0 Å². The highest BCUT2D eigenvalue weighted by Crippen LogP contribution is 2.47. The molecular formula is C35H39F2N3O7. The lowest BCUT2D eigenvalue weighted by atomic mass is 9.94. The van der Waals surface area contributed by atoms with Crippen molar-refractivity contribution in [3.8, 4) is 23.0 Å². The number of ether oxygens (including phenoxy) is 4. The van der Waals surface area contributed by atoms with E-state index < -0.39 is 58.6 Å².